The van der Waals surface area contributed by atoms with Crippen LogP contribution >= 0.6 is 11.8 Å². The van der Waals surface area contributed by atoms with Gasteiger partial charge >= 0.3 is 0 Å². The van der Waals surface area contributed by atoms with Gasteiger partial charge in [0, 0.05) is 22.1 Å². The van der Waals surface area contributed by atoms with Crippen LogP contribution in [-0.4, -0.2) is 60.2 Å². The van der Waals surface area contributed by atoms with E-state index < -0.39 is 16.2 Å². The SMILES string of the molecule is CCCC1=C(OCCSc2ccc(C#N)cc2)C(OC)=CC([C@H]2CC[C@H](c3cc(OC)c(OC)c(OC)c3)O2)C1=S(=O)=O. The van der Waals surface area contributed by atoms with Crippen molar-refractivity contribution in [2.24, 2.45) is 5.92 Å². The summed E-state index contributed by atoms with van der Waals surface area (Å²) in [6, 6.07) is 13.2. The molecule has 9 nitrogen and oxygen atoms in total. The second-order valence-corrected chi connectivity index (χ2v) is 12.0. The molecule has 2 aromatic carbocycles. The van der Waals surface area contributed by atoms with Crippen LogP contribution in [0, 0.1) is 17.2 Å². The summed E-state index contributed by atoms with van der Waals surface area (Å²) in [5, 5.41) is 9.01. The quantitative estimate of drug-likeness (QED) is 0.152. The summed E-state index contributed by atoms with van der Waals surface area (Å²) in [4.78, 5) is 1.30. The first-order valence-corrected chi connectivity index (χ1v) is 16.1. The van der Waals surface area contributed by atoms with Gasteiger partial charge in [-0.25, -0.2) is 0 Å². The number of benzene rings is 2. The second kappa shape index (κ2) is 15.2. The van der Waals surface area contributed by atoms with Gasteiger partial charge in [-0.1, -0.05) is 13.3 Å². The van der Waals surface area contributed by atoms with Crippen molar-refractivity contribution in [1.82, 2.24) is 0 Å². The van der Waals surface area contributed by atoms with Crippen molar-refractivity contribution in [1.29, 1.82) is 5.26 Å². The number of ether oxygens (including phenoxy) is 6. The molecule has 0 spiro atoms. The Morgan fingerprint density at radius 1 is 1.00 bits per heavy atom. The first-order valence-electron chi connectivity index (χ1n) is 14.1. The zero-order valence-corrected chi connectivity index (χ0v) is 26.7. The third-order valence-electron chi connectivity index (χ3n) is 7.42. The molecular weight excluding hydrogens is 590 g/mol. The Hall–Kier alpha value is -3.59. The normalized spacial score (nSPS) is 19.9. The average Bonchev–Trinajstić information content (AvgIpc) is 3.53. The molecule has 11 heteroatoms. The van der Waals surface area contributed by atoms with E-state index in [0.29, 0.717) is 71.5 Å². The van der Waals surface area contributed by atoms with Crippen LogP contribution in [-0.2, 0) is 24.5 Å². The van der Waals surface area contributed by atoms with Crippen LogP contribution in [0.3, 0.4) is 0 Å². The minimum Gasteiger partial charge on any atom is -0.493 e. The lowest BCUT2D eigenvalue weighted by atomic mass is 9.85. The molecule has 3 atom stereocenters. The highest BCUT2D eigenvalue weighted by atomic mass is 32.2. The Morgan fingerprint density at radius 3 is 2.26 bits per heavy atom. The summed E-state index contributed by atoms with van der Waals surface area (Å²) in [5.74, 6) is 2.63. The number of hydrogen-bond acceptors (Lipinski definition) is 10. The van der Waals surface area contributed by atoms with Crippen molar-refractivity contribution in [2.45, 2.75) is 49.7 Å². The number of nitrogens with zero attached hydrogens (tertiary/aromatic N) is 1. The molecule has 0 bridgehead atoms. The Bertz CT molecular complexity index is 1510. The fraction of sp³-hybridized carbons (Fsp3) is 0.438. The minimum absolute atomic E-state index is 0.282. The fourth-order valence-electron chi connectivity index (χ4n) is 5.46. The van der Waals surface area contributed by atoms with Gasteiger partial charge in [-0.15, -0.1) is 11.8 Å². The van der Waals surface area contributed by atoms with Crippen LogP contribution in [0.1, 0.15) is 49.8 Å². The fourth-order valence-corrected chi connectivity index (χ4v) is 7.03. The van der Waals surface area contributed by atoms with Crippen molar-refractivity contribution in [3.05, 3.63) is 70.7 Å². The largest absolute Gasteiger partial charge is 0.493 e. The molecular formula is C32H37NO8S2. The monoisotopic (exact) mass is 627 g/mol. The summed E-state index contributed by atoms with van der Waals surface area (Å²) in [7, 11) is 3.75. The first kappa shape index (κ1) is 32.3. The van der Waals surface area contributed by atoms with Gasteiger partial charge in [0.25, 0.3) is 0 Å². The first-order chi connectivity index (χ1) is 20.9. The van der Waals surface area contributed by atoms with Crippen molar-refractivity contribution in [3.8, 4) is 23.3 Å². The van der Waals surface area contributed by atoms with Crippen molar-refractivity contribution >= 4 is 26.9 Å². The molecule has 0 radical (unpaired) electrons. The van der Waals surface area contributed by atoms with Crippen molar-refractivity contribution in [3.63, 3.8) is 0 Å². The van der Waals surface area contributed by atoms with Gasteiger partial charge in [-0.2, -0.15) is 13.7 Å². The molecule has 0 aromatic heterocycles. The Balaban J connectivity index is 1.56. The molecule has 4 rings (SSSR count). The summed E-state index contributed by atoms with van der Waals surface area (Å²) >= 11 is 1.59. The molecule has 1 saturated heterocycles. The number of thioether (sulfide) groups is 1. The molecule has 1 heterocycles. The van der Waals surface area contributed by atoms with E-state index in [9.17, 15) is 8.42 Å². The standard InChI is InChI=1S/C32H37NO8S2/c1-6-7-23-30(40-14-15-42-22-10-8-20(19-33)9-11-22)29(38-4)18-24(32(23)43(34)35)26-13-12-25(41-26)21-16-27(36-2)31(39-5)28(17-21)37-3/h8-11,16-18,24-26H,6-7,12-15H2,1-5H3/t24?,25-,26-/m1/s1. The van der Waals surface area contributed by atoms with E-state index in [1.54, 1.807) is 52.3 Å². The van der Waals surface area contributed by atoms with Crippen LogP contribution < -0.4 is 14.2 Å². The highest BCUT2D eigenvalue weighted by Gasteiger charge is 2.40. The van der Waals surface area contributed by atoms with Gasteiger partial charge in [0.2, 0.25) is 16.0 Å². The lowest BCUT2D eigenvalue weighted by Gasteiger charge is -2.30. The zero-order chi connectivity index (χ0) is 30.9. The summed E-state index contributed by atoms with van der Waals surface area (Å²) in [6.45, 7) is 2.35. The molecule has 2 aromatic rings. The second-order valence-electron chi connectivity index (χ2n) is 9.95. The maximum Gasteiger partial charge on any atom is 0.218 e. The summed E-state index contributed by atoms with van der Waals surface area (Å²) < 4.78 is 60.5. The Labute approximate surface area is 258 Å². The van der Waals surface area contributed by atoms with E-state index >= 15 is 0 Å². The van der Waals surface area contributed by atoms with Crippen LogP contribution in [0.5, 0.6) is 17.2 Å². The molecule has 0 amide bonds. The summed E-state index contributed by atoms with van der Waals surface area (Å²) in [5.41, 5.74) is 2.10. The van der Waals surface area contributed by atoms with Crippen LogP contribution in [0.2, 0.25) is 0 Å². The van der Waals surface area contributed by atoms with E-state index in [4.69, 9.17) is 33.7 Å². The molecule has 1 aliphatic carbocycles. The molecule has 2 aliphatic rings. The lowest BCUT2D eigenvalue weighted by molar-refractivity contribution is 0.0333. The third kappa shape index (κ3) is 7.32. The smallest absolute Gasteiger partial charge is 0.218 e. The van der Waals surface area contributed by atoms with Gasteiger partial charge in [0.1, 0.15) is 0 Å². The molecule has 0 saturated carbocycles. The molecule has 230 valence electrons. The van der Waals surface area contributed by atoms with E-state index in [0.717, 1.165) is 16.9 Å². The predicted molar refractivity (Wildman–Crippen MR) is 165 cm³/mol. The lowest BCUT2D eigenvalue weighted by Crippen LogP contribution is -2.33. The number of methoxy groups -OCH3 is 4. The topological polar surface area (TPSA) is 113 Å². The zero-order valence-electron chi connectivity index (χ0n) is 25.0. The van der Waals surface area contributed by atoms with Gasteiger partial charge in [-0.05, 0) is 67.3 Å². The van der Waals surface area contributed by atoms with Crippen molar-refractivity contribution in [2.75, 3.05) is 40.8 Å². The molecule has 1 aliphatic heterocycles. The number of rotatable bonds is 13. The van der Waals surface area contributed by atoms with Gasteiger partial charge in [-0.3, -0.25) is 0 Å². The molecule has 1 unspecified atom stereocenters. The third-order valence-corrected chi connectivity index (χ3v) is 9.28. The predicted octanol–water partition coefficient (Wildman–Crippen LogP) is 5.88. The van der Waals surface area contributed by atoms with Crippen LogP contribution in [0.15, 0.2) is 64.5 Å². The molecule has 0 N–H and O–H groups in total. The number of nitriles is 1. The van der Waals surface area contributed by atoms with Crippen LogP contribution in [0.25, 0.3) is 0 Å². The van der Waals surface area contributed by atoms with Crippen molar-refractivity contribution < 1.29 is 36.8 Å². The molecule has 1 fully saturated rings. The summed E-state index contributed by atoms with van der Waals surface area (Å²) in [6.07, 6.45) is 3.73. The van der Waals surface area contributed by atoms with Gasteiger partial charge < -0.3 is 28.4 Å². The average molecular weight is 628 g/mol. The van der Waals surface area contributed by atoms with E-state index in [1.807, 2.05) is 37.3 Å². The van der Waals surface area contributed by atoms with E-state index in [-0.39, 0.29) is 17.1 Å². The number of hydrogen-bond donors (Lipinski definition) is 0. The van der Waals surface area contributed by atoms with Crippen LogP contribution in [0.4, 0.5) is 0 Å². The number of allylic oxidation sites excluding steroid dienone is 1. The minimum atomic E-state index is -2.50. The Kier molecular flexibility index (Phi) is 11.4. The highest BCUT2D eigenvalue weighted by molar-refractivity contribution is 7.99. The maximum atomic E-state index is 12.8. The Morgan fingerprint density at radius 2 is 1.70 bits per heavy atom. The highest BCUT2D eigenvalue weighted by Crippen LogP contribution is 2.45. The van der Waals surface area contributed by atoms with E-state index in [2.05, 4.69) is 6.07 Å². The van der Waals surface area contributed by atoms with E-state index in [1.165, 1.54) is 0 Å². The van der Waals surface area contributed by atoms with Gasteiger partial charge in [0.05, 0.1) is 63.8 Å². The molecule has 43 heavy (non-hydrogen) atoms. The van der Waals surface area contributed by atoms with Gasteiger partial charge in [0.15, 0.2) is 23.0 Å². The maximum absolute atomic E-state index is 12.8.